The molecule has 0 aliphatic carbocycles. The molecule has 1 amide bonds. The van der Waals surface area contributed by atoms with Crippen LogP contribution in [0.5, 0.6) is 0 Å². The van der Waals surface area contributed by atoms with Gasteiger partial charge in [0, 0.05) is 11.8 Å². The maximum Gasteiger partial charge on any atom is 0.251 e. The lowest BCUT2D eigenvalue weighted by Crippen LogP contribution is -2.22. The predicted octanol–water partition coefficient (Wildman–Crippen LogP) is 1.85. The average molecular weight is 282 g/mol. The highest BCUT2D eigenvalue weighted by molar-refractivity contribution is 5.94. The first-order chi connectivity index (χ1) is 10.3. The van der Waals surface area contributed by atoms with Gasteiger partial charge in [0.25, 0.3) is 5.91 Å². The van der Waals surface area contributed by atoms with Crippen LogP contribution in [0.3, 0.4) is 0 Å². The maximum atomic E-state index is 12.1. The van der Waals surface area contributed by atoms with Gasteiger partial charge in [0.2, 0.25) is 0 Å². The zero-order valence-corrected chi connectivity index (χ0v) is 11.3. The van der Waals surface area contributed by atoms with Crippen molar-refractivity contribution in [3.8, 4) is 0 Å². The molecular weight excluding hydrogens is 268 g/mol. The van der Waals surface area contributed by atoms with Crippen molar-refractivity contribution in [1.82, 2.24) is 20.3 Å². The Kier molecular flexibility index (Phi) is 3.77. The zero-order valence-electron chi connectivity index (χ0n) is 11.3. The fraction of sp³-hybridized carbons (Fsp3) is 0.133. The SMILES string of the molecule is O=C(NCc1ccco1)c1cccc(Cn2ccnn2)c1. The summed E-state index contributed by atoms with van der Waals surface area (Å²) in [5.41, 5.74) is 1.60. The van der Waals surface area contributed by atoms with Gasteiger partial charge in [-0.25, -0.2) is 4.68 Å². The second-order valence-corrected chi connectivity index (χ2v) is 4.56. The fourth-order valence-electron chi connectivity index (χ4n) is 2.00. The zero-order chi connectivity index (χ0) is 14.5. The topological polar surface area (TPSA) is 73.0 Å². The molecule has 6 nitrogen and oxygen atoms in total. The van der Waals surface area contributed by atoms with Gasteiger partial charge in [-0.3, -0.25) is 4.79 Å². The van der Waals surface area contributed by atoms with Gasteiger partial charge in [-0.15, -0.1) is 5.10 Å². The third-order valence-corrected chi connectivity index (χ3v) is 3.01. The molecule has 0 saturated heterocycles. The molecule has 2 heterocycles. The van der Waals surface area contributed by atoms with Crippen molar-refractivity contribution < 1.29 is 9.21 Å². The summed E-state index contributed by atoms with van der Waals surface area (Å²) in [7, 11) is 0. The average Bonchev–Trinajstić information content (AvgIpc) is 3.18. The molecule has 3 rings (SSSR count). The highest BCUT2D eigenvalue weighted by Crippen LogP contribution is 2.07. The monoisotopic (exact) mass is 282 g/mol. The summed E-state index contributed by atoms with van der Waals surface area (Å²) in [5.74, 6) is 0.592. The van der Waals surface area contributed by atoms with Gasteiger partial charge in [-0.05, 0) is 29.8 Å². The van der Waals surface area contributed by atoms with Gasteiger partial charge < -0.3 is 9.73 Å². The third kappa shape index (κ3) is 3.36. The molecular formula is C15H14N4O2. The summed E-state index contributed by atoms with van der Waals surface area (Å²) in [5, 5.41) is 10.5. The summed E-state index contributed by atoms with van der Waals surface area (Å²) >= 11 is 0. The minimum atomic E-state index is -0.133. The van der Waals surface area contributed by atoms with Crippen LogP contribution in [0.1, 0.15) is 21.7 Å². The van der Waals surface area contributed by atoms with Crippen LogP contribution in [0.4, 0.5) is 0 Å². The number of hydrogen-bond donors (Lipinski definition) is 1. The molecule has 1 N–H and O–H groups in total. The summed E-state index contributed by atoms with van der Waals surface area (Å²) in [6.45, 7) is 0.957. The van der Waals surface area contributed by atoms with E-state index >= 15 is 0 Å². The van der Waals surface area contributed by atoms with E-state index in [0.717, 1.165) is 11.3 Å². The Bertz CT molecular complexity index is 705. The van der Waals surface area contributed by atoms with E-state index in [2.05, 4.69) is 15.6 Å². The Hall–Kier alpha value is -2.89. The van der Waals surface area contributed by atoms with Gasteiger partial charge in [0.15, 0.2) is 0 Å². The Labute approximate surface area is 121 Å². The Balaban J connectivity index is 1.65. The maximum absolute atomic E-state index is 12.1. The van der Waals surface area contributed by atoms with Crippen molar-refractivity contribution in [2.45, 2.75) is 13.1 Å². The largest absolute Gasteiger partial charge is 0.467 e. The minimum Gasteiger partial charge on any atom is -0.467 e. The molecule has 0 radical (unpaired) electrons. The molecule has 106 valence electrons. The lowest BCUT2D eigenvalue weighted by Gasteiger charge is -2.06. The van der Waals surface area contributed by atoms with Crippen LogP contribution in [-0.2, 0) is 13.1 Å². The molecule has 0 bridgehead atoms. The summed E-state index contributed by atoms with van der Waals surface area (Å²) < 4.78 is 6.89. The van der Waals surface area contributed by atoms with E-state index in [9.17, 15) is 4.79 Å². The van der Waals surface area contributed by atoms with Gasteiger partial charge in [-0.1, -0.05) is 17.3 Å². The predicted molar refractivity (Wildman–Crippen MR) is 75.4 cm³/mol. The molecule has 0 saturated carbocycles. The van der Waals surface area contributed by atoms with Crippen molar-refractivity contribution >= 4 is 5.91 Å². The van der Waals surface area contributed by atoms with Crippen LogP contribution in [0, 0.1) is 0 Å². The van der Waals surface area contributed by atoms with Crippen molar-refractivity contribution in [2.24, 2.45) is 0 Å². The van der Waals surface area contributed by atoms with Gasteiger partial charge in [0.1, 0.15) is 5.76 Å². The standard InChI is InChI=1S/C15H14N4O2/c20-15(16-10-14-5-2-8-21-14)13-4-1-3-12(9-13)11-19-7-6-17-18-19/h1-9H,10-11H2,(H,16,20). The van der Waals surface area contributed by atoms with E-state index in [1.54, 1.807) is 35.5 Å². The molecule has 6 heteroatoms. The molecule has 3 aromatic rings. The quantitative estimate of drug-likeness (QED) is 0.775. The van der Waals surface area contributed by atoms with Crippen LogP contribution >= 0.6 is 0 Å². The molecule has 1 aromatic carbocycles. The van der Waals surface area contributed by atoms with Crippen molar-refractivity contribution in [1.29, 1.82) is 0 Å². The number of nitrogens with zero attached hydrogens (tertiary/aromatic N) is 3. The number of rotatable bonds is 5. The van der Waals surface area contributed by atoms with Crippen LogP contribution in [0.2, 0.25) is 0 Å². The molecule has 0 aliphatic rings. The summed E-state index contributed by atoms with van der Waals surface area (Å²) in [4.78, 5) is 12.1. The van der Waals surface area contributed by atoms with Crippen LogP contribution < -0.4 is 5.32 Å². The first-order valence-corrected chi connectivity index (χ1v) is 6.55. The highest BCUT2D eigenvalue weighted by Gasteiger charge is 2.07. The summed E-state index contributed by atoms with van der Waals surface area (Å²) in [6.07, 6.45) is 4.99. The van der Waals surface area contributed by atoms with E-state index < -0.39 is 0 Å². The molecule has 0 spiro atoms. The van der Waals surface area contributed by atoms with Crippen molar-refractivity contribution in [3.05, 3.63) is 71.9 Å². The molecule has 0 aliphatic heterocycles. The number of furan rings is 1. The van der Waals surface area contributed by atoms with Crippen molar-refractivity contribution in [2.75, 3.05) is 0 Å². The molecule has 0 unspecified atom stereocenters. The fourth-order valence-corrected chi connectivity index (χ4v) is 2.00. The molecule has 0 atom stereocenters. The van der Waals surface area contributed by atoms with Gasteiger partial charge in [0.05, 0.1) is 25.5 Å². The van der Waals surface area contributed by atoms with E-state index in [0.29, 0.717) is 18.7 Å². The normalized spacial score (nSPS) is 10.5. The highest BCUT2D eigenvalue weighted by atomic mass is 16.3. The minimum absolute atomic E-state index is 0.133. The lowest BCUT2D eigenvalue weighted by atomic mass is 10.1. The number of nitrogens with one attached hydrogen (secondary N) is 1. The molecule has 0 fully saturated rings. The van der Waals surface area contributed by atoms with Crippen LogP contribution in [0.25, 0.3) is 0 Å². The number of benzene rings is 1. The number of carbonyl (C=O) groups is 1. The molecule has 2 aromatic heterocycles. The van der Waals surface area contributed by atoms with E-state index in [1.165, 1.54) is 0 Å². The van der Waals surface area contributed by atoms with Crippen molar-refractivity contribution in [3.63, 3.8) is 0 Å². The van der Waals surface area contributed by atoms with Gasteiger partial charge in [-0.2, -0.15) is 0 Å². The number of carbonyl (C=O) groups excluding carboxylic acids is 1. The molecule has 21 heavy (non-hydrogen) atoms. The van der Waals surface area contributed by atoms with Crippen LogP contribution in [0.15, 0.2) is 59.5 Å². The second-order valence-electron chi connectivity index (χ2n) is 4.56. The Morgan fingerprint density at radius 3 is 3.00 bits per heavy atom. The lowest BCUT2D eigenvalue weighted by molar-refractivity contribution is 0.0948. The van der Waals surface area contributed by atoms with E-state index in [1.807, 2.05) is 24.3 Å². The smallest absolute Gasteiger partial charge is 0.251 e. The van der Waals surface area contributed by atoms with E-state index in [4.69, 9.17) is 4.42 Å². The second kappa shape index (κ2) is 6.04. The Morgan fingerprint density at radius 2 is 2.24 bits per heavy atom. The van der Waals surface area contributed by atoms with Crippen LogP contribution in [-0.4, -0.2) is 20.9 Å². The Morgan fingerprint density at radius 1 is 1.29 bits per heavy atom. The van der Waals surface area contributed by atoms with E-state index in [-0.39, 0.29) is 5.91 Å². The first-order valence-electron chi connectivity index (χ1n) is 6.55. The third-order valence-electron chi connectivity index (χ3n) is 3.01. The number of amides is 1. The number of hydrogen-bond acceptors (Lipinski definition) is 4. The number of aromatic nitrogens is 3. The summed E-state index contributed by atoms with van der Waals surface area (Å²) in [6, 6.07) is 11.0. The first kappa shape index (κ1) is 13.1. The van der Waals surface area contributed by atoms with Gasteiger partial charge >= 0.3 is 0 Å².